The number of halogens is 1. The predicted molar refractivity (Wildman–Crippen MR) is 121 cm³/mol. The Hall–Kier alpha value is -1.31. The Bertz CT molecular complexity index is 692. The summed E-state index contributed by atoms with van der Waals surface area (Å²) in [6, 6.07) is 0. The predicted octanol–water partition coefficient (Wildman–Crippen LogP) is 5.65. The average molecular weight is 426 g/mol. The van der Waals surface area contributed by atoms with Crippen molar-refractivity contribution in [2.75, 3.05) is 6.61 Å². The van der Waals surface area contributed by atoms with Crippen LogP contribution in [0.1, 0.15) is 66.0 Å². The number of aliphatic hydroxyl groups excluding tert-OH is 1. The van der Waals surface area contributed by atoms with Crippen LogP contribution in [0.15, 0.2) is 23.7 Å². The molecular weight excluding hydrogens is 385 g/mol. The minimum Gasteiger partial charge on any atom is -0.407 e. The maximum atomic E-state index is 15.2. The molecule has 0 aliphatic rings. The van der Waals surface area contributed by atoms with Crippen molar-refractivity contribution in [2.45, 2.75) is 84.5 Å². The summed E-state index contributed by atoms with van der Waals surface area (Å²) in [6.07, 6.45) is 7.91. The van der Waals surface area contributed by atoms with Gasteiger partial charge in [-0.25, -0.2) is 4.39 Å². The van der Waals surface area contributed by atoms with Gasteiger partial charge in [0, 0.05) is 19.7 Å². The number of hydrogen-bond donors (Lipinski definition) is 1. The maximum Gasteiger partial charge on any atom is 0.193 e. The highest BCUT2D eigenvalue weighted by Gasteiger charge is 2.39. The van der Waals surface area contributed by atoms with E-state index in [4.69, 9.17) is 9.53 Å². The van der Waals surface area contributed by atoms with Gasteiger partial charge in [0.2, 0.25) is 0 Å². The summed E-state index contributed by atoms with van der Waals surface area (Å²) >= 11 is 0. The molecule has 0 aliphatic carbocycles. The third kappa shape index (κ3) is 8.93. The Labute approximate surface area is 177 Å². The number of aryl methyl sites for hydroxylation is 1. The van der Waals surface area contributed by atoms with Crippen molar-refractivity contribution in [1.29, 1.82) is 0 Å². The number of rotatable bonds is 11. The van der Waals surface area contributed by atoms with Crippen LogP contribution in [0.2, 0.25) is 18.1 Å². The van der Waals surface area contributed by atoms with E-state index >= 15 is 4.39 Å². The number of aromatic nitrogens is 3. The SMILES string of the molecule is CC(=CCC(O[Si](C)(C)C(C)(C)C)/C(F)=C\c1cnn(C)n1)CCCC(C)CO. The Morgan fingerprint density at radius 1 is 1.38 bits per heavy atom. The largest absolute Gasteiger partial charge is 0.407 e. The lowest BCUT2D eigenvalue weighted by atomic mass is 10.0. The molecular formula is C22H40FN3O2Si. The van der Waals surface area contributed by atoms with E-state index in [1.54, 1.807) is 13.2 Å². The highest BCUT2D eigenvalue weighted by Crippen LogP contribution is 2.39. The van der Waals surface area contributed by atoms with Crippen LogP contribution in [-0.4, -0.2) is 41.1 Å². The van der Waals surface area contributed by atoms with E-state index in [1.165, 1.54) is 16.4 Å². The minimum absolute atomic E-state index is 0.00270. The van der Waals surface area contributed by atoms with Crippen molar-refractivity contribution in [3.63, 3.8) is 0 Å². The van der Waals surface area contributed by atoms with E-state index in [1.807, 2.05) is 0 Å². The van der Waals surface area contributed by atoms with Gasteiger partial charge in [-0.15, -0.1) is 0 Å². The lowest BCUT2D eigenvalue weighted by molar-refractivity contribution is 0.191. The second-order valence-corrected chi connectivity index (χ2v) is 14.4. The highest BCUT2D eigenvalue weighted by molar-refractivity contribution is 6.74. The first-order valence-corrected chi connectivity index (χ1v) is 13.4. The topological polar surface area (TPSA) is 60.2 Å². The van der Waals surface area contributed by atoms with E-state index in [2.05, 4.69) is 64.0 Å². The number of nitrogens with zero attached hydrogens (tertiary/aromatic N) is 3. The molecule has 1 N–H and O–H groups in total. The summed E-state index contributed by atoms with van der Waals surface area (Å²) in [5, 5.41) is 17.3. The van der Waals surface area contributed by atoms with Crippen molar-refractivity contribution in [3.05, 3.63) is 29.4 Å². The lowest BCUT2D eigenvalue weighted by Gasteiger charge is -2.38. The second kappa shape index (κ2) is 11.2. The van der Waals surface area contributed by atoms with Gasteiger partial charge in [-0.05, 0) is 56.7 Å². The van der Waals surface area contributed by atoms with Crippen LogP contribution < -0.4 is 0 Å². The van der Waals surface area contributed by atoms with Gasteiger partial charge in [-0.1, -0.05) is 39.3 Å². The first kappa shape index (κ1) is 25.7. The molecule has 0 aliphatic heterocycles. The summed E-state index contributed by atoms with van der Waals surface area (Å²) in [5.41, 5.74) is 1.72. The Morgan fingerprint density at radius 2 is 2.03 bits per heavy atom. The van der Waals surface area contributed by atoms with Crippen molar-refractivity contribution in [1.82, 2.24) is 15.0 Å². The fourth-order valence-electron chi connectivity index (χ4n) is 2.64. The third-order valence-corrected chi connectivity index (χ3v) is 10.2. The lowest BCUT2D eigenvalue weighted by Crippen LogP contribution is -2.44. The molecule has 5 nitrogen and oxygen atoms in total. The van der Waals surface area contributed by atoms with E-state index in [0.717, 1.165) is 19.3 Å². The molecule has 29 heavy (non-hydrogen) atoms. The van der Waals surface area contributed by atoms with Crippen molar-refractivity contribution in [3.8, 4) is 0 Å². The fourth-order valence-corrected chi connectivity index (χ4v) is 3.92. The van der Waals surface area contributed by atoms with Gasteiger partial charge in [0.15, 0.2) is 8.32 Å². The first-order valence-electron chi connectivity index (χ1n) is 10.5. The molecule has 166 valence electrons. The molecule has 0 bridgehead atoms. The van der Waals surface area contributed by atoms with Gasteiger partial charge in [-0.3, -0.25) is 0 Å². The standard InChI is InChI=1S/C22H40FN3O2Si/c1-17(10-9-11-18(2)16-27)12-13-21(28-29(7,8)22(3,4)5)20(23)14-19-15-24-26(6)25-19/h12,14-15,18,21,27H,9-11,13,16H2,1-8H3/b17-12?,20-14+. The highest BCUT2D eigenvalue weighted by atomic mass is 28.4. The van der Waals surface area contributed by atoms with Gasteiger partial charge in [-0.2, -0.15) is 15.0 Å². The summed E-state index contributed by atoms with van der Waals surface area (Å²) in [7, 11) is -0.428. The van der Waals surface area contributed by atoms with Crippen LogP contribution in [0.3, 0.4) is 0 Å². The van der Waals surface area contributed by atoms with Crippen LogP contribution in [-0.2, 0) is 11.5 Å². The van der Waals surface area contributed by atoms with Crippen LogP contribution in [0, 0.1) is 5.92 Å². The van der Waals surface area contributed by atoms with Gasteiger partial charge in [0.1, 0.15) is 17.6 Å². The maximum absolute atomic E-state index is 15.2. The molecule has 2 atom stereocenters. The number of allylic oxidation sites excluding steroid dienone is 1. The van der Waals surface area contributed by atoms with Gasteiger partial charge in [0.05, 0.1) is 6.20 Å². The molecule has 1 rings (SSSR count). The molecule has 2 unspecified atom stereocenters. The zero-order valence-corrected chi connectivity index (χ0v) is 20.5. The molecule has 0 saturated heterocycles. The fraction of sp³-hybridized carbons (Fsp3) is 0.727. The minimum atomic E-state index is -2.14. The van der Waals surface area contributed by atoms with Crippen molar-refractivity contribution >= 4 is 14.4 Å². The Kier molecular flexibility index (Phi) is 9.92. The molecule has 1 aromatic rings. The summed E-state index contributed by atoms with van der Waals surface area (Å²) in [6.45, 7) is 15.1. The molecule has 0 radical (unpaired) electrons. The van der Waals surface area contributed by atoms with Crippen LogP contribution >= 0.6 is 0 Å². The van der Waals surface area contributed by atoms with E-state index in [0.29, 0.717) is 18.0 Å². The Morgan fingerprint density at radius 3 is 2.55 bits per heavy atom. The summed E-state index contributed by atoms with van der Waals surface area (Å²) in [5.74, 6) is 0.0121. The van der Waals surface area contributed by atoms with Crippen LogP contribution in [0.25, 0.3) is 6.08 Å². The van der Waals surface area contributed by atoms with Crippen molar-refractivity contribution in [2.24, 2.45) is 13.0 Å². The third-order valence-electron chi connectivity index (χ3n) is 5.71. The molecule has 0 saturated carbocycles. The monoisotopic (exact) mass is 425 g/mol. The smallest absolute Gasteiger partial charge is 0.193 e. The Balaban J connectivity index is 2.92. The molecule has 0 spiro atoms. The average Bonchev–Trinajstić information content (AvgIpc) is 3.01. The molecule has 7 heteroatoms. The molecule has 1 heterocycles. The summed E-state index contributed by atoms with van der Waals surface area (Å²) < 4.78 is 21.6. The zero-order valence-electron chi connectivity index (χ0n) is 19.5. The molecule has 1 aromatic heterocycles. The van der Waals surface area contributed by atoms with Crippen LogP contribution in [0.5, 0.6) is 0 Å². The van der Waals surface area contributed by atoms with Gasteiger partial charge >= 0.3 is 0 Å². The molecule has 0 aromatic carbocycles. The van der Waals surface area contributed by atoms with E-state index < -0.39 is 14.4 Å². The van der Waals surface area contributed by atoms with Gasteiger partial charge in [0.25, 0.3) is 0 Å². The number of aliphatic hydroxyl groups is 1. The quantitative estimate of drug-likeness (QED) is 0.367. The van der Waals surface area contributed by atoms with Crippen LogP contribution in [0.4, 0.5) is 4.39 Å². The first-order chi connectivity index (χ1) is 13.4. The normalized spacial score (nSPS) is 16.2. The number of hydrogen-bond acceptors (Lipinski definition) is 4. The van der Waals surface area contributed by atoms with E-state index in [9.17, 15) is 0 Å². The molecule has 0 amide bonds. The van der Waals surface area contributed by atoms with E-state index in [-0.39, 0.29) is 17.5 Å². The summed E-state index contributed by atoms with van der Waals surface area (Å²) in [4.78, 5) is 1.42. The molecule has 0 fully saturated rings. The van der Waals surface area contributed by atoms with Gasteiger partial charge < -0.3 is 9.53 Å². The van der Waals surface area contributed by atoms with Crippen molar-refractivity contribution < 1.29 is 13.9 Å². The second-order valence-electron chi connectivity index (χ2n) is 9.62. The zero-order chi connectivity index (χ0) is 22.2.